The highest BCUT2D eigenvalue weighted by Gasteiger charge is 2.22. The van der Waals surface area contributed by atoms with Gasteiger partial charge in [-0.15, -0.1) is 11.3 Å². The van der Waals surface area contributed by atoms with Gasteiger partial charge in [-0.1, -0.05) is 24.9 Å². The predicted octanol–water partition coefficient (Wildman–Crippen LogP) is 4.75. The third-order valence-electron chi connectivity index (χ3n) is 3.82. The Bertz CT molecular complexity index is 881. The molecule has 0 aliphatic rings. The first-order valence-corrected chi connectivity index (χ1v) is 9.47. The molecular weight excluding hydrogens is 392 g/mol. The summed E-state index contributed by atoms with van der Waals surface area (Å²) in [5.41, 5.74) is 1.12. The fourth-order valence-corrected chi connectivity index (χ4v) is 3.54. The molecule has 1 heterocycles. The van der Waals surface area contributed by atoms with Gasteiger partial charge in [-0.2, -0.15) is 0 Å². The van der Waals surface area contributed by atoms with E-state index in [9.17, 15) is 19.7 Å². The molecule has 2 aromatic rings. The van der Waals surface area contributed by atoms with Crippen LogP contribution in [0.25, 0.3) is 0 Å². The smallest absolute Gasteiger partial charge is 0.349 e. The Labute approximate surface area is 165 Å². The maximum absolute atomic E-state index is 12.3. The maximum Gasteiger partial charge on any atom is 0.349 e. The van der Waals surface area contributed by atoms with Gasteiger partial charge in [0.05, 0.1) is 15.6 Å². The Morgan fingerprint density at radius 1 is 1.37 bits per heavy atom. The number of carbonyl (C=O) groups is 2. The van der Waals surface area contributed by atoms with E-state index in [0.717, 1.165) is 29.3 Å². The van der Waals surface area contributed by atoms with E-state index in [1.165, 1.54) is 30.4 Å². The van der Waals surface area contributed by atoms with Gasteiger partial charge in [0.2, 0.25) is 0 Å². The number of hydrogen-bond acceptors (Lipinski definition) is 6. The molecule has 1 aromatic carbocycles. The number of rotatable bonds is 7. The first kappa shape index (κ1) is 20.9. The van der Waals surface area contributed by atoms with Crippen molar-refractivity contribution in [3.8, 4) is 0 Å². The predicted molar refractivity (Wildman–Crippen MR) is 105 cm³/mol. The van der Waals surface area contributed by atoms with Crippen molar-refractivity contribution in [1.82, 2.24) is 0 Å². The zero-order valence-electron chi connectivity index (χ0n) is 15.1. The van der Waals surface area contributed by atoms with E-state index in [2.05, 4.69) is 12.2 Å². The highest BCUT2D eigenvalue weighted by Crippen LogP contribution is 2.27. The van der Waals surface area contributed by atoms with E-state index in [0.29, 0.717) is 4.88 Å². The van der Waals surface area contributed by atoms with Crippen molar-refractivity contribution in [3.63, 3.8) is 0 Å². The van der Waals surface area contributed by atoms with Gasteiger partial charge < -0.3 is 10.1 Å². The van der Waals surface area contributed by atoms with Crippen LogP contribution >= 0.6 is 22.9 Å². The second-order valence-electron chi connectivity index (χ2n) is 5.90. The van der Waals surface area contributed by atoms with Crippen molar-refractivity contribution < 1.29 is 19.2 Å². The van der Waals surface area contributed by atoms with E-state index in [4.69, 9.17) is 16.3 Å². The summed E-state index contributed by atoms with van der Waals surface area (Å²) in [5, 5.41) is 13.2. The van der Waals surface area contributed by atoms with Crippen molar-refractivity contribution in [3.05, 3.63) is 54.7 Å². The quantitative estimate of drug-likeness (QED) is 0.403. The lowest BCUT2D eigenvalue weighted by atomic mass is 10.1. The summed E-state index contributed by atoms with van der Waals surface area (Å²) in [6.45, 7) is 5.45. The fourth-order valence-electron chi connectivity index (χ4n) is 2.36. The van der Waals surface area contributed by atoms with Crippen molar-refractivity contribution in [2.24, 2.45) is 0 Å². The highest BCUT2D eigenvalue weighted by atomic mass is 35.5. The number of nitrogens with one attached hydrogen (secondary N) is 1. The molecule has 27 heavy (non-hydrogen) atoms. The van der Waals surface area contributed by atoms with Crippen molar-refractivity contribution in [2.75, 3.05) is 5.32 Å². The van der Waals surface area contributed by atoms with Gasteiger partial charge in [-0.05, 0) is 38.0 Å². The Kier molecular flexibility index (Phi) is 6.92. The van der Waals surface area contributed by atoms with Crippen LogP contribution in [0.2, 0.25) is 5.02 Å². The number of hydrogen-bond donors (Lipinski definition) is 1. The number of benzene rings is 1. The Balaban J connectivity index is 2.02. The van der Waals surface area contributed by atoms with Crippen LogP contribution in [0.1, 0.15) is 40.4 Å². The van der Waals surface area contributed by atoms with Gasteiger partial charge in [0.1, 0.15) is 4.88 Å². The minimum Gasteiger partial charge on any atom is -0.448 e. The molecule has 0 saturated heterocycles. The molecule has 7 nitrogen and oxygen atoms in total. The van der Waals surface area contributed by atoms with Crippen LogP contribution in [0.3, 0.4) is 0 Å². The number of non-ortho nitro benzene ring substituents is 1. The molecule has 1 unspecified atom stereocenters. The van der Waals surface area contributed by atoms with Crippen molar-refractivity contribution >= 4 is 46.2 Å². The monoisotopic (exact) mass is 410 g/mol. The molecule has 0 spiro atoms. The number of nitro groups is 1. The number of amides is 1. The standard InChI is InChI=1S/C18H19ClN2O5S/c1-4-5-12-8-16(27-11(12)3)18(23)26-10(2)17(22)20-15-7-6-13(21(24)25)9-14(15)19/h6-10H,4-5H2,1-3H3,(H,20,22). The van der Waals surface area contributed by atoms with E-state index < -0.39 is 22.9 Å². The number of thiophene rings is 1. The van der Waals surface area contributed by atoms with E-state index >= 15 is 0 Å². The molecule has 1 aromatic heterocycles. The first-order chi connectivity index (χ1) is 12.7. The molecule has 0 fully saturated rings. The summed E-state index contributed by atoms with van der Waals surface area (Å²) >= 11 is 7.28. The maximum atomic E-state index is 12.3. The zero-order chi connectivity index (χ0) is 20.1. The van der Waals surface area contributed by atoms with Gasteiger partial charge in [0.15, 0.2) is 6.10 Å². The summed E-state index contributed by atoms with van der Waals surface area (Å²) < 4.78 is 5.23. The molecule has 0 aliphatic carbocycles. The molecule has 144 valence electrons. The van der Waals surface area contributed by atoms with Gasteiger partial charge in [-0.3, -0.25) is 14.9 Å². The fraction of sp³-hybridized carbons (Fsp3) is 0.333. The van der Waals surface area contributed by atoms with Crippen LogP contribution in [0.15, 0.2) is 24.3 Å². The molecule has 0 bridgehead atoms. The molecule has 1 N–H and O–H groups in total. The van der Waals surface area contributed by atoms with E-state index in [-0.39, 0.29) is 16.4 Å². The van der Waals surface area contributed by atoms with Crippen LogP contribution in [0.4, 0.5) is 11.4 Å². The summed E-state index contributed by atoms with van der Waals surface area (Å²) in [5.74, 6) is -1.15. The zero-order valence-corrected chi connectivity index (χ0v) is 16.6. The highest BCUT2D eigenvalue weighted by molar-refractivity contribution is 7.14. The van der Waals surface area contributed by atoms with Crippen LogP contribution in [0.5, 0.6) is 0 Å². The van der Waals surface area contributed by atoms with Crippen molar-refractivity contribution in [2.45, 2.75) is 39.7 Å². The molecule has 1 amide bonds. The molecule has 0 saturated carbocycles. The van der Waals surface area contributed by atoms with E-state index in [1.54, 1.807) is 6.07 Å². The minimum absolute atomic E-state index is 0.0224. The lowest BCUT2D eigenvalue weighted by molar-refractivity contribution is -0.384. The van der Waals surface area contributed by atoms with Crippen LogP contribution < -0.4 is 5.32 Å². The number of aryl methyl sites for hydroxylation is 2. The minimum atomic E-state index is -1.05. The topological polar surface area (TPSA) is 98.5 Å². The number of esters is 1. The van der Waals surface area contributed by atoms with Crippen molar-refractivity contribution in [1.29, 1.82) is 0 Å². The summed E-state index contributed by atoms with van der Waals surface area (Å²) in [6, 6.07) is 5.48. The second-order valence-corrected chi connectivity index (χ2v) is 7.56. The Hall–Kier alpha value is -2.45. The van der Waals surface area contributed by atoms with Crippen LogP contribution in [0, 0.1) is 17.0 Å². The van der Waals surface area contributed by atoms with Gasteiger partial charge >= 0.3 is 5.97 Å². The number of ether oxygens (including phenoxy) is 1. The molecular formula is C18H19ClN2O5S. The SMILES string of the molecule is CCCc1cc(C(=O)OC(C)C(=O)Nc2ccc([N+](=O)[O-])cc2Cl)sc1C. The van der Waals surface area contributed by atoms with Gasteiger partial charge in [0, 0.05) is 17.0 Å². The van der Waals surface area contributed by atoms with Gasteiger partial charge in [-0.25, -0.2) is 4.79 Å². The van der Waals surface area contributed by atoms with Gasteiger partial charge in [0.25, 0.3) is 11.6 Å². The normalized spacial score (nSPS) is 11.7. The summed E-state index contributed by atoms with van der Waals surface area (Å²) in [6.07, 6.45) is 0.798. The molecule has 0 aliphatic heterocycles. The number of anilines is 1. The lowest BCUT2D eigenvalue weighted by Crippen LogP contribution is -2.29. The molecule has 1 atom stereocenters. The Morgan fingerprint density at radius 2 is 2.07 bits per heavy atom. The average Bonchev–Trinajstić information content (AvgIpc) is 2.97. The Morgan fingerprint density at radius 3 is 2.67 bits per heavy atom. The number of nitro benzene ring substituents is 1. The molecule has 2 rings (SSSR count). The first-order valence-electron chi connectivity index (χ1n) is 8.28. The van der Waals surface area contributed by atoms with E-state index in [1.807, 2.05) is 6.92 Å². The number of carbonyl (C=O) groups excluding carboxylic acids is 2. The number of nitrogens with zero attached hydrogens (tertiary/aromatic N) is 1. The van der Waals surface area contributed by atoms with Crippen LogP contribution in [-0.2, 0) is 16.0 Å². The van der Waals surface area contributed by atoms with Crippen LogP contribution in [-0.4, -0.2) is 22.9 Å². The summed E-state index contributed by atoms with van der Waals surface area (Å²) in [4.78, 5) is 36.2. The molecule has 9 heteroatoms. The largest absolute Gasteiger partial charge is 0.448 e. The molecule has 0 radical (unpaired) electrons. The lowest BCUT2D eigenvalue weighted by Gasteiger charge is -2.13. The average molecular weight is 411 g/mol. The number of halogens is 1. The summed E-state index contributed by atoms with van der Waals surface area (Å²) in [7, 11) is 0. The third kappa shape index (κ3) is 5.27. The third-order valence-corrected chi connectivity index (χ3v) is 5.20. The second kappa shape index (κ2) is 8.96.